The van der Waals surface area contributed by atoms with E-state index in [1.807, 2.05) is 4.90 Å². The van der Waals surface area contributed by atoms with E-state index in [2.05, 4.69) is 9.97 Å². The molecule has 0 radical (unpaired) electrons. The van der Waals surface area contributed by atoms with Gasteiger partial charge in [-0.1, -0.05) is 6.07 Å². The van der Waals surface area contributed by atoms with Crippen LogP contribution in [0.25, 0.3) is 10.2 Å². The monoisotopic (exact) mass is 480 g/mol. The van der Waals surface area contributed by atoms with E-state index in [0.717, 1.165) is 58.6 Å². The minimum atomic E-state index is -4.27. The third-order valence-electron chi connectivity index (χ3n) is 6.10. The third-order valence-corrected chi connectivity index (χ3v) is 9.23. The van der Waals surface area contributed by atoms with Crippen LogP contribution in [0.2, 0.25) is 0 Å². The van der Waals surface area contributed by atoms with Crippen LogP contribution >= 0.6 is 11.3 Å². The van der Waals surface area contributed by atoms with Gasteiger partial charge in [0.1, 0.15) is 22.3 Å². The van der Waals surface area contributed by atoms with E-state index in [1.165, 1.54) is 4.88 Å². The van der Waals surface area contributed by atoms with Crippen LogP contribution in [0.3, 0.4) is 0 Å². The number of nitrogens with zero attached hydrogens (tertiary/aromatic N) is 3. The number of piperazine rings is 1. The average Bonchev–Trinajstić information content (AvgIpc) is 3.12. The molecule has 0 spiro atoms. The molecule has 3 heterocycles. The van der Waals surface area contributed by atoms with E-state index < -0.39 is 26.6 Å². The predicted octanol–water partition coefficient (Wildman–Crippen LogP) is 2.65. The van der Waals surface area contributed by atoms with Gasteiger partial charge >= 0.3 is 0 Å². The highest BCUT2D eigenvalue weighted by atomic mass is 32.2. The normalized spacial score (nSPS) is 18.2. The second-order valence-corrected chi connectivity index (χ2v) is 11.1. The highest BCUT2D eigenvalue weighted by Gasteiger charge is 2.33. The van der Waals surface area contributed by atoms with Gasteiger partial charge in [0.25, 0.3) is 5.56 Å². The summed E-state index contributed by atoms with van der Waals surface area (Å²) in [6.45, 7) is 1.28. The smallest absolute Gasteiger partial charge is 0.259 e. The van der Waals surface area contributed by atoms with Gasteiger partial charge in [-0.05, 0) is 43.4 Å². The van der Waals surface area contributed by atoms with Crippen LogP contribution < -0.4 is 5.56 Å². The number of aryl methyl sites for hydroxylation is 2. The summed E-state index contributed by atoms with van der Waals surface area (Å²) >= 11 is 1.59. The van der Waals surface area contributed by atoms with Crippen molar-refractivity contribution < 1.29 is 17.2 Å². The number of fused-ring (bicyclic) bond motifs is 3. The topological polar surface area (TPSA) is 86.4 Å². The average molecular weight is 481 g/mol. The molecule has 170 valence electrons. The van der Waals surface area contributed by atoms with Gasteiger partial charge < -0.3 is 4.98 Å². The number of thiophene rings is 1. The Morgan fingerprint density at radius 2 is 1.75 bits per heavy atom. The zero-order chi connectivity index (χ0) is 22.5. The van der Waals surface area contributed by atoms with Crippen molar-refractivity contribution in [3.8, 4) is 0 Å². The Morgan fingerprint density at radius 1 is 1.06 bits per heavy atom. The van der Waals surface area contributed by atoms with Gasteiger partial charge in [-0.15, -0.1) is 11.3 Å². The molecule has 0 unspecified atom stereocenters. The van der Waals surface area contributed by atoms with E-state index in [-0.39, 0.29) is 18.6 Å². The minimum Gasteiger partial charge on any atom is -0.309 e. The molecule has 2 aromatic heterocycles. The molecule has 2 aliphatic rings. The highest BCUT2D eigenvalue weighted by molar-refractivity contribution is 7.89. The van der Waals surface area contributed by atoms with Crippen LogP contribution in [0.1, 0.15) is 29.1 Å². The van der Waals surface area contributed by atoms with Crippen LogP contribution in [-0.4, -0.2) is 53.8 Å². The molecule has 1 aromatic carbocycles. The van der Waals surface area contributed by atoms with E-state index in [1.54, 1.807) is 11.3 Å². The Bertz CT molecular complexity index is 1320. The van der Waals surface area contributed by atoms with Gasteiger partial charge in [0, 0.05) is 31.1 Å². The highest BCUT2D eigenvalue weighted by Crippen LogP contribution is 2.33. The Kier molecular flexibility index (Phi) is 5.60. The summed E-state index contributed by atoms with van der Waals surface area (Å²) in [4.78, 5) is 23.3. The zero-order valence-electron chi connectivity index (χ0n) is 17.2. The van der Waals surface area contributed by atoms with Gasteiger partial charge in [0.2, 0.25) is 10.0 Å². The Morgan fingerprint density at radius 3 is 2.47 bits per heavy atom. The molecule has 0 amide bonds. The van der Waals surface area contributed by atoms with Crippen LogP contribution in [0.15, 0.2) is 27.9 Å². The molecule has 3 aromatic rings. The van der Waals surface area contributed by atoms with Gasteiger partial charge in [-0.2, -0.15) is 4.31 Å². The Balaban J connectivity index is 1.31. The van der Waals surface area contributed by atoms with Crippen molar-refractivity contribution in [3.63, 3.8) is 0 Å². The summed E-state index contributed by atoms with van der Waals surface area (Å²) < 4.78 is 54.6. The minimum absolute atomic E-state index is 0.0931. The van der Waals surface area contributed by atoms with E-state index in [4.69, 9.17) is 0 Å². The van der Waals surface area contributed by atoms with Crippen LogP contribution in [0.4, 0.5) is 8.78 Å². The van der Waals surface area contributed by atoms with Crippen LogP contribution in [0, 0.1) is 11.6 Å². The van der Waals surface area contributed by atoms with E-state index in [9.17, 15) is 22.0 Å². The fourth-order valence-electron chi connectivity index (χ4n) is 4.48. The second kappa shape index (κ2) is 8.29. The van der Waals surface area contributed by atoms with Crippen molar-refractivity contribution >= 4 is 31.6 Å². The van der Waals surface area contributed by atoms with E-state index >= 15 is 0 Å². The molecule has 0 atom stereocenters. The SMILES string of the molecule is O=c1[nH]c(CN2CCN(S(=O)(=O)c3c(F)cccc3F)CC2)nc2sc3c(c12)CCCC3. The van der Waals surface area contributed by atoms with Gasteiger partial charge in [-0.3, -0.25) is 9.69 Å². The molecule has 1 fully saturated rings. The van der Waals surface area contributed by atoms with Gasteiger partial charge in [-0.25, -0.2) is 22.2 Å². The van der Waals surface area contributed by atoms with Gasteiger partial charge in [0.05, 0.1) is 11.9 Å². The molecular weight excluding hydrogens is 458 g/mol. The van der Waals surface area contributed by atoms with Crippen molar-refractivity contribution in [1.82, 2.24) is 19.2 Å². The van der Waals surface area contributed by atoms with E-state index in [0.29, 0.717) is 30.8 Å². The van der Waals surface area contributed by atoms with Gasteiger partial charge in [0.15, 0.2) is 4.90 Å². The van der Waals surface area contributed by atoms with Crippen molar-refractivity contribution in [2.75, 3.05) is 26.2 Å². The molecule has 1 aliphatic heterocycles. The largest absolute Gasteiger partial charge is 0.309 e. The molecule has 1 N–H and O–H groups in total. The summed E-state index contributed by atoms with van der Waals surface area (Å²) in [7, 11) is -4.27. The number of nitrogens with one attached hydrogen (secondary N) is 1. The maximum Gasteiger partial charge on any atom is 0.259 e. The number of H-pyrrole nitrogens is 1. The molecule has 0 saturated carbocycles. The lowest BCUT2D eigenvalue weighted by atomic mass is 9.97. The Hall–Kier alpha value is -2.21. The summed E-state index contributed by atoms with van der Waals surface area (Å²) in [6, 6.07) is 3.01. The number of aromatic amines is 1. The maximum atomic E-state index is 14.0. The fraction of sp³-hybridized carbons (Fsp3) is 0.429. The Labute approximate surface area is 187 Å². The summed E-state index contributed by atoms with van der Waals surface area (Å²) in [5.41, 5.74) is 1.01. The lowest BCUT2D eigenvalue weighted by Crippen LogP contribution is -2.48. The molecule has 5 rings (SSSR count). The number of rotatable bonds is 4. The van der Waals surface area contributed by atoms with Crippen molar-refractivity contribution in [1.29, 1.82) is 0 Å². The number of sulfonamides is 1. The quantitative estimate of drug-likeness (QED) is 0.621. The molecule has 1 saturated heterocycles. The van der Waals surface area contributed by atoms with Crippen molar-refractivity contribution in [3.05, 3.63) is 56.5 Å². The number of hydrogen-bond donors (Lipinski definition) is 1. The number of aromatic nitrogens is 2. The number of hydrogen-bond acceptors (Lipinski definition) is 6. The summed E-state index contributed by atoms with van der Waals surface area (Å²) in [5.74, 6) is -1.65. The molecular formula is C21H22F2N4O3S2. The first kappa shape index (κ1) is 21.6. The molecule has 7 nitrogen and oxygen atoms in total. The van der Waals surface area contributed by atoms with Crippen molar-refractivity contribution in [2.24, 2.45) is 0 Å². The van der Waals surface area contributed by atoms with Crippen LogP contribution in [-0.2, 0) is 29.4 Å². The summed E-state index contributed by atoms with van der Waals surface area (Å²) in [6.07, 6.45) is 4.13. The predicted molar refractivity (Wildman–Crippen MR) is 117 cm³/mol. The van der Waals surface area contributed by atoms with Crippen LogP contribution in [0.5, 0.6) is 0 Å². The first-order valence-corrected chi connectivity index (χ1v) is 12.8. The molecule has 1 aliphatic carbocycles. The lowest BCUT2D eigenvalue weighted by molar-refractivity contribution is 0.177. The number of halogens is 2. The first-order valence-electron chi connectivity index (χ1n) is 10.5. The standard InChI is InChI=1S/C21H22F2N4O3S2/c22-14-5-3-6-15(23)19(14)32(29,30)27-10-8-26(9-11-27)12-17-24-20(28)18-13-4-1-2-7-16(13)31-21(18)25-17/h3,5-6H,1-2,4,7-12H2,(H,24,25,28). The number of benzene rings is 1. The first-order chi connectivity index (χ1) is 15.3. The lowest BCUT2D eigenvalue weighted by Gasteiger charge is -2.33. The molecule has 32 heavy (non-hydrogen) atoms. The third kappa shape index (κ3) is 3.76. The molecule has 0 bridgehead atoms. The molecule has 11 heteroatoms. The maximum absolute atomic E-state index is 14.0. The summed E-state index contributed by atoms with van der Waals surface area (Å²) in [5, 5.41) is 0.705. The zero-order valence-corrected chi connectivity index (χ0v) is 18.9. The fourth-order valence-corrected chi connectivity index (χ4v) is 7.29. The second-order valence-electron chi connectivity index (χ2n) is 8.13. The van der Waals surface area contributed by atoms with Crippen molar-refractivity contribution in [2.45, 2.75) is 37.1 Å².